The summed E-state index contributed by atoms with van der Waals surface area (Å²) >= 11 is 0. The van der Waals surface area contributed by atoms with Crippen molar-refractivity contribution in [2.45, 2.75) is 19.8 Å². The Morgan fingerprint density at radius 1 is 1.50 bits per heavy atom. The molecule has 4 nitrogen and oxygen atoms in total. The van der Waals surface area contributed by atoms with E-state index in [9.17, 15) is 10.1 Å². The minimum absolute atomic E-state index is 0.229. The summed E-state index contributed by atoms with van der Waals surface area (Å²) in [6.07, 6.45) is 1.98. The molecule has 0 atom stereocenters. The Kier molecular flexibility index (Phi) is 2.11. The molecule has 1 heterocycles. The van der Waals surface area contributed by atoms with Crippen LogP contribution in [-0.4, -0.2) is 11.5 Å². The third kappa shape index (κ3) is 1.43. The number of nitro groups is 1. The summed E-state index contributed by atoms with van der Waals surface area (Å²) in [5.74, 6) is 0. The van der Waals surface area contributed by atoms with Crippen molar-refractivity contribution in [2.75, 3.05) is 11.9 Å². The average molecular weight is 192 g/mol. The van der Waals surface area contributed by atoms with Gasteiger partial charge in [-0.05, 0) is 31.4 Å². The predicted octanol–water partition coefficient (Wildman–Crippen LogP) is 2.26. The van der Waals surface area contributed by atoms with Crippen molar-refractivity contribution in [3.05, 3.63) is 33.4 Å². The van der Waals surface area contributed by atoms with Gasteiger partial charge < -0.3 is 5.32 Å². The third-order valence-electron chi connectivity index (χ3n) is 2.56. The predicted molar refractivity (Wildman–Crippen MR) is 54.6 cm³/mol. The van der Waals surface area contributed by atoms with Crippen LogP contribution in [-0.2, 0) is 6.42 Å². The first-order valence-corrected chi connectivity index (χ1v) is 4.70. The summed E-state index contributed by atoms with van der Waals surface area (Å²) in [5.41, 5.74) is 3.07. The Bertz CT molecular complexity index is 388. The van der Waals surface area contributed by atoms with Gasteiger partial charge in [-0.15, -0.1) is 0 Å². The van der Waals surface area contributed by atoms with Gasteiger partial charge in [-0.25, -0.2) is 0 Å². The van der Waals surface area contributed by atoms with Crippen LogP contribution in [0.3, 0.4) is 0 Å². The highest BCUT2D eigenvalue weighted by atomic mass is 16.6. The molecule has 0 aliphatic carbocycles. The van der Waals surface area contributed by atoms with E-state index in [0.717, 1.165) is 36.2 Å². The molecule has 0 fully saturated rings. The number of aryl methyl sites for hydroxylation is 2. The second-order valence-electron chi connectivity index (χ2n) is 3.58. The Morgan fingerprint density at radius 3 is 3.00 bits per heavy atom. The summed E-state index contributed by atoms with van der Waals surface area (Å²) in [6, 6.07) is 3.56. The molecule has 0 unspecified atom stereocenters. The van der Waals surface area contributed by atoms with Gasteiger partial charge in [0.05, 0.1) is 4.92 Å². The van der Waals surface area contributed by atoms with Crippen molar-refractivity contribution >= 4 is 11.4 Å². The molecule has 0 spiro atoms. The van der Waals surface area contributed by atoms with Gasteiger partial charge in [-0.1, -0.05) is 0 Å². The molecule has 1 aliphatic rings. The summed E-state index contributed by atoms with van der Waals surface area (Å²) in [7, 11) is 0. The normalized spacial score (nSPS) is 14.4. The first-order chi connectivity index (χ1) is 6.68. The lowest BCUT2D eigenvalue weighted by Gasteiger charge is -2.18. The van der Waals surface area contributed by atoms with Gasteiger partial charge in [-0.3, -0.25) is 10.1 Å². The van der Waals surface area contributed by atoms with Crippen molar-refractivity contribution < 1.29 is 4.92 Å². The molecule has 4 heteroatoms. The van der Waals surface area contributed by atoms with Gasteiger partial charge in [0.15, 0.2) is 0 Å². The molecule has 1 aromatic carbocycles. The molecule has 0 amide bonds. The van der Waals surface area contributed by atoms with Crippen LogP contribution in [0.5, 0.6) is 0 Å². The second kappa shape index (κ2) is 3.29. The van der Waals surface area contributed by atoms with E-state index in [4.69, 9.17) is 0 Å². The van der Waals surface area contributed by atoms with Crippen molar-refractivity contribution in [2.24, 2.45) is 0 Å². The molecule has 0 saturated carbocycles. The minimum Gasteiger partial charge on any atom is -0.385 e. The Balaban J connectivity index is 2.50. The van der Waals surface area contributed by atoms with E-state index in [1.54, 1.807) is 13.0 Å². The highest BCUT2D eigenvalue weighted by Gasteiger charge is 2.16. The molecule has 2 rings (SSSR count). The van der Waals surface area contributed by atoms with Gasteiger partial charge in [-0.2, -0.15) is 0 Å². The van der Waals surface area contributed by atoms with Crippen molar-refractivity contribution in [1.29, 1.82) is 0 Å². The zero-order chi connectivity index (χ0) is 10.1. The van der Waals surface area contributed by atoms with E-state index in [1.165, 1.54) is 0 Å². The molecule has 74 valence electrons. The van der Waals surface area contributed by atoms with Gasteiger partial charge in [0.1, 0.15) is 0 Å². The highest BCUT2D eigenvalue weighted by molar-refractivity contribution is 5.60. The van der Waals surface area contributed by atoms with Crippen LogP contribution in [0.2, 0.25) is 0 Å². The molecular formula is C10H12N2O2. The summed E-state index contributed by atoms with van der Waals surface area (Å²) in [4.78, 5) is 10.4. The van der Waals surface area contributed by atoms with Crippen LogP contribution in [0, 0.1) is 17.0 Å². The number of nitrogens with zero attached hydrogens (tertiary/aromatic N) is 1. The minimum atomic E-state index is -0.315. The maximum atomic E-state index is 10.7. The first-order valence-electron chi connectivity index (χ1n) is 4.70. The molecular weight excluding hydrogens is 180 g/mol. The highest BCUT2D eigenvalue weighted by Crippen LogP contribution is 2.29. The smallest absolute Gasteiger partial charge is 0.272 e. The van der Waals surface area contributed by atoms with Gasteiger partial charge in [0.2, 0.25) is 0 Å². The Labute approximate surface area is 82.1 Å². The largest absolute Gasteiger partial charge is 0.385 e. The molecule has 0 bridgehead atoms. The van der Waals surface area contributed by atoms with Crippen LogP contribution in [0.4, 0.5) is 11.4 Å². The standard InChI is InChI=1S/C10H12N2O2/c1-7-5-9-8(3-2-4-11-9)6-10(7)12(13)14/h5-6,11H,2-4H2,1H3. The fourth-order valence-corrected chi connectivity index (χ4v) is 1.81. The molecule has 14 heavy (non-hydrogen) atoms. The van der Waals surface area contributed by atoms with E-state index in [1.807, 2.05) is 6.07 Å². The molecule has 0 aromatic heterocycles. The monoisotopic (exact) mass is 192 g/mol. The number of hydrogen-bond donors (Lipinski definition) is 1. The van der Waals surface area contributed by atoms with Crippen LogP contribution in [0.1, 0.15) is 17.5 Å². The number of hydrogen-bond acceptors (Lipinski definition) is 3. The lowest BCUT2D eigenvalue weighted by molar-refractivity contribution is -0.385. The summed E-state index contributed by atoms with van der Waals surface area (Å²) in [6.45, 7) is 2.74. The lowest BCUT2D eigenvalue weighted by atomic mass is 10.0. The third-order valence-corrected chi connectivity index (χ3v) is 2.56. The Morgan fingerprint density at radius 2 is 2.29 bits per heavy atom. The number of rotatable bonds is 1. The van der Waals surface area contributed by atoms with Crippen LogP contribution < -0.4 is 5.32 Å². The molecule has 1 aliphatic heterocycles. The van der Waals surface area contributed by atoms with Crippen molar-refractivity contribution in [1.82, 2.24) is 0 Å². The molecule has 1 aromatic rings. The molecule has 1 N–H and O–H groups in total. The van der Waals surface area contributed by atoms with E-state index in [0.29, 0.717) is 0 Å². The number of benzene rings is 1. The number of nitrogens with one attached hydrogen (secondary N) is 1. The fraction of sp³-hybridized carbons (Fsp3) is 0.400. The SMILES string of the molecule is Cc1cc2c(cc1[N+](=O)[O-])CCCN2. The topological polar surface area (TPSA) is 55.2 Å². The van der Waals surface area contributed by atoms with E-state index < -0.39 is 0 Å². The van der Waals surface area contributed by atoms with Crippen LogP contribution in [0.15, 0.2) is 12.1 Å². The van der Waals surface area contributed by atoms with Gasteiger partial charge in [0.25, 0.3) is 5.69 Å². The van der Waals surface area contributed by atoms with E-state index >= 15 is 0 Å². The zero-order valence-corrected chi connectivity index (χ0v) is 8.04. The lowest BCUT2D eigenvalue weighted by Crippen LogP contribution is -2.12. The first kappa shape index (κ1) is 8.99. The number of anilines is 1. The quantitative estimate of drug-likeness (QED) is 0.548. The Hall–Kier alpha value is -1.58. The summed E-state index contributed by atoms with van der Waals surface area (Å²) in [5, 5.41) is 13.9. The zero-order valence-electron chi connectivity index (χ0n) is 8.04. The number of fused-ring (bicyclic) bond motifs is 1. The fourth-order valence-electron chi connectivity index (χ4n) is 1.81. The second-order valence-corrected chi connectivity index (χ2v) is 3.58. The van der Waals surface area contributed by atoms with E-state index in [-0.39, 0.29) is 10.6 Å². The van der Waals surface area contributed by atoms with Crippen LogP contribution >= 0.6 is 0 Å². The van der Waals surface area contributed by atoms with E-state index in [2.05, 4.69) is 5.32 Å². The molecule has 0 saturated heterocycles. The number of nitro benzene ring substituents is 1. The van der Waals surface area contributed by atoms with Crippen LogP contribution in [0.25, 0.3) is 0 Å². The maximum Gasteiger partial charge on any atom is 0.272 e. The van der Waals surface area contributed by atoms with Crippen molar-refractivity contribution in [3.63, 3.8) is 0 Å². The molecule has 0 radical (unpaired) electrons. The average Bonchev–Trinajstić information content (AvgIpc) is 2.16. The van der Waals surface area contributed by atoms with Gasteiger partial charge in [0, 0.05) is 23.9 Å². The van der Waals surface area contributed by atoms with Crippen molar-refractivity contribution in [3.8, 4) is 0 Å². The summed E-state index contributed by atoms with van der Waals surface area (Å²) < 4.78 is 0. The van der Waals surface area contributed by atoms with Gasteiger partial charge >= 0.3 is 0 Å². The maximum absolute atomic E-state index is 10.7.